The number of likely N-dealkylation sites (tertiary alicyclic amines) is 1. The number of nitrogens with one attached hydrogen (secondary N) is 1. The van der Waals surface area contributed by atoms with E-state index < -0.39 is 10.0 Å². The van der Waals surface area contributed by atoms with Gasteiger partial charge < -0.3 is 15.0 Å². The number of morpholine rings is 1. The second-order valence-corrected chi connectivity index (χ2v) is 10.5. The smallest absolute Gasteiger partial charge is 0.243 e. The minimum Gasteiger partial charge on any atom is -0.383 e. The molecule has 0 unspecified atom stereocenters. The first kappa shape index (κ1) is 22.3. The summed E-state index contributed by atoms with van der Waals surface area (Å²) in [4.78, 5) is 7.33. The van der Waals surface area contributed by atoms with Crippen molar-refractivity contribution in [2.45, 2.75) is 17.7 Å². The van der Waals surface area contributed by atoms with Crippen LogP contribution in [-0.2, 0) is 14.8 Å². The van der Waals surface area contributed by atoms with Crippen LogP contribution >= 0.6 is 0 Å². The third kappa shape index (κ3) is 4.89. The number of aromatic nitrogens is 1. The number of fused-ring (bicyclic) bond motifs is 1. The SMILES string of the molecule is O=S(=O)(c1ccc(-c2ccc3nccc(NCCN4CCCC4)c3c2)cc1)N1CCOCC1. The molecule has 0 amide bonds. The fourth-order valence-electron chi connectivity index (χ4n) is 4.59. The number of hydrogen-bond acceptors (Lipinski definition) is 6. The summed E-state index contributed by atoms with van der Waals surface area (Å²) in [7, 11) is -3.49. The molecule has 2 aromatic carbocycles. The van der Waals surface area contributed by atoms with E-state index in [4.69, 9.17) is 4.74 Å². The maximum absolute atomic E-state index is 12.9. The molecule has 2 fully saturated rings. The second-order valence-electron chi connectivity index (χ2n) is 8.61. The Kier molecular flexibility index (Phi) is 6.59. The maximum atomic E-state index is 12.9. The van der Waals surface area contributed by atoms with Crippen LogP contribution in [0.2, 0.25) is 0 Å². The molecule has 1 N–H and O–H groups in total. The zero-order chi connectivity index (χ0) is 22.7. The first-order valence-electron chi connectivity index (χ1n) is 11.6. The minimum atomic E-state index is -3.49. The van der Waals surface area contributed by atoms with E-state index >= 15 is 0 Å². The molecule has 0 aliphatic carbocycles. The molecule has 2 saturated heterocycles. The van der Waals surface area contributed by atoms with Crippen molar-refractivity contribution in [2.75, 3.05) is 57.8 Å². The lowest BCUT2D eigenvalue weighted by Gasteiger charge is -2.26. The predicted molar refractivity (Wildman–Crippen MR) is 131 cm³/mol. The zero-order valence-electron chi connectivity index (χ0n) is 18.7. The van der Waals surface area contributed by atoms with Crippen molar-refractivity contribution in [3.8, 4) is 11.1 Å². The minimum absolute atomic E-state index is 0.319. The van der Waals surface area contributed by atoms with E-state index in [-0.39, 0.29) is 0 Å². The highest BCUT2D eigenvalue weighted by Gasteiger charge is 2.26. The Morgan fingerprint density at radius 1 is 0.909 bits per heavy atom. The highest BCUT2D eigenvalue weighted by Crippen LogP contribution is 2.29. The van der Waals surface area contributed by atoms with Crippen LogP contribution in [0.1, 0.15) is 12.8 Å². The Morgan fingerprint density at radius 3 is 2.39 bits per heavy atom. The van der Waals surface area contributed by atoms with Gasteiger partial charge in [0.15, 0.2) is 0 Å². The third-order valence-electron chi connectivity index (χ3n) is 6.48. The van der Waals surface area contributed by atoms with Gasteiger partial charge in [0, 0.05) is 43.4 Å². The van der Waals surface area contributed by atoms with Crippen molar-refractivity contribution < 1.29 is 13.2 Å². The van der Waals surface area contributed by atoms with Crippen molar-refractivity contribution in [1.29, 1.82) is 0 Å². The molecule has 2 aliphatic rings. The topological polar surface area (TPSA) is 74.8 Å². The summed E-state index contributed by atoms with van der Waals surface area (Å²) in [6.07, 6.45) is 4.44. The quantitative estimate of drug-likeness (QED) is 0.575. The van der Waals surface area contributed by atoms with Crippen LogP contribution in [0.4, 0.5) is 5.69 Å². The highest BCUT2D eigenvalue weighted by molar-refractivity contribution is 7.89. The molecule has 0 saturated carbocycles. The standard InChI is InChI=1S/C25H30N4O3S/c30-33(31,29-15-17-32-18-16-29)22-6-3-20(4-7-22)21-5-8-24-23(19-21)25(9-10-26-24)27-11-14-28-12-1-2-13-28/h3-10,19H,1-2,11-18H2,(H,26,27). The molecule has 0 atom stereocenters. The summed E-state index contributed by atoms with van der Waals surface area (Å²) in [6.45, 7) is 6.01. The van der Waals surface area contributed by atoms with Gasteiger partial charge in [-0.3, -0.25) is 4.98 Å². The average molecular weight is 467 g/mol. The first-order chi connectivity index (χ1) is 16.1. The summed E-state index contributed by atoms with van der Waals surface area (Å²) in [5, 5.41) is 4.65. The van der Waals surface area contributed by atoms with E-state index in [0.717, 1.165) is 40.8 Å². The van der Waals surface area contributed by atoms with Gasteiger partial charge in [-0.15, -0.1) is 0 Å². The Morgan fingerprint density at radius 2 is 1.64 bits per heavy atom. The highest BCUT2D eigenvalue weighted by atomic mass is 32.2. The number of pyridine rings is 1. The third-order valence-corrected chi connectivity index (χ3v) is 8.39. The van der Waals surface area contributed by atoms with Crippen LogP contribution in [-0.4, -0.2) is 75.1 Å². The summed E-state index contributed by atoms with van der Waals surface area (Å²) in [5.74, 6) is 0. The fourth-order valence-corrected chi connectivity index (χ4v) is 6.00. The number of benzene rings is 2. The summed E-state index contributed by atoms with van der Waals surface area (Å²) in [5.41, 5.74) is 4.03. The Labute approximate surface area is 195 Å². The monoisotopic (exact) mass is 466 g/mol. The fraction of sp³-hybridized carbons (Fsp3) is 0.400. The lowest BCUT2D eigenvalue weighted by molar-refractivity contribution is 0.0730. The van der Waals surface area contributed by atoms with Gasteiger partial charge in [0.25, 0.3) is 0 Å². The van der Waals surface area contributed by atoms with Crippen LogP contribution in [0.5, 0.6) is 0 Å². The maximum Gasteiger partial charge on any atom is 0.243 e. The van der Waals surface area contributed by atoms with Gasteiger partial charge in [-0.05, 0) is 67.4 Å². The van der Waals surface area contributed by atoms with Crippen LogP contribution in [0.15, 0.2) is 59.6 Å². The van der Waals surface area contributed by atoms with E-state index in [0.29, 0.717) is 31.2 Å². The van der Waals surface area contributed by atoms with Gasteiger partial charge in [0.05, 0.1) is 23.6 Å². The van der Waals surface area contributed by atoms with E-state index in [2.05, 4.69) is 21.3 Å². The van der Waals surface area contributed by atoms with Gasteiger partial charge in [0.1, 0.15) is 0 Å². The molecule has 0 bridgehead atoms. The van der Waals surface area contributed by atoms with Gasteiger partial charge in [-0.1, -0.05) is 18.2 Å². The summed E-state index contributed by atoms with van der Waals surface area (Å²) < 4.78 is 32.6. The molecule has 8 heteroatoms. The molecule has 7 nitrogen and oxygen atoms in total. The van der Waals surface area contributed by atoms with Crippen LogP contribution in [0.3, 0.4) is 0 Å². The van der Waals surface area contributed by atoms with E-state index in [1.54, 1.807) is 12.1 Å². The predicted octanol–water partition coefficient (Wildman–Crippen LogP) is 3.43. The molecular weight excluding hydrogens is 436 g/mol. The van der Waals surface area contributed by atoms with Crippen LogP contribution in [0.25, 0.3) is 22.0 Å². The van der Waals surface area contributed by atoms with Crippen molar-refractivity contribution in [2.24, 2.45) is 0 Å². The Bertz CT molecular complexity index is 1200. The summed E-state index contributed by atoms with van der Waals surface area (Å²) in [6, 6.07) is 15.4. The number of rotatable bonds is 7. The van der Waals surface area contributed by atoms with E-state index in [1.165, 1.54) is 30.2 Å². The van der Waals surface area contributed by atoms with E-state index in [1.807, 2.05) is 36.5 Å². The van der Waals surface area contributed by atoms with Gasteiger partial charge >= 0.3 is 0 Å². The van der Waals surface area contributed by atoms with Crippen molar-refractivity contribution in [1.82, 2.24) is 14.2 Å². The number of sulfonamides is 1. The number of anilines is 1. The summed E-state index contributed by atoms with van der Waals surface area (Å²) >= 11 is 0. The number of hydrogen-bond donors (Lipinski definition) is 1. The molecule has 0 spiro atoms. The molecular formula is C25H30N4O3S. The van der Waals surface area contributed by atoms with Crippen molar-refractivity contribution in [3.63, 3.8) is 0 Å². The van der Waals surface area contributed by atoms with E-state index in [9.17, 15) is 8.42 Å². The molecule has 3 aromatic rings. The second kappa shape index (κ2) is 9.77. The Hall–Kier alpha value is -2.52. The molecule has 33 heavy (non-hydrogen) atoms. The van der Waals surface area contributed by atoms with Crippen LogP contribution in [0, 0.1) is 0 Å². The first-order valence-corrected chi connectivity index (χ1v) is 13.1. The van der Waals surface area contributed by atoms with Gasteiger partial charge in [-0.25, -0.2) is 8.42 Å². The lowest BCUT2D eigenvalue weighted by atomic mass is 10.0. The number of ether oxygens (including phenoxy) is 1. The zero-order valence-corrected chi connectivity index (χ0v) is 19.6. The van der Waals surface area contributed by atoms with Gasteiger partial charge in [0.2, 0.25) is 10.0 Å². The molecule has 2 aliphatic heterocycles. The molecule has 3 heterocycles. The Balaban J connectivity index is 1.35. The lowest BCUT2D eigenvalue weighted by Crippen LogP contribution is -2.40. The van der Waals surface area contributed by atoms with Gasteiger partial charge in [-0.2, -0.15) is 4.31 Å². The normalized spacial score (nSPS) is 18.1. The molecule has 1 aromatic heterocycles. The van der Waals surface area contributed by atoms with Crippen molar-refractivity contribution in [3.05, 3.63) is 54.7 Å². The van der Waals surface area contributed by atoms with Crippen molar-refractivity contribution >= 4 is 26.6 Å². The van der Waals surface area contributed by atoms with Crippen LogP contribution < -0.4 is 5.32 Å². The molecule has 0 radical (unpaired) electrons. The molecule has 174 valence electrons. The number of nitrogens with zero attached hydrogens (tertiary/aromatic N) is 3. The average Bonchev–Trinajstić information content (AvgIpc) is 3.38. The molecule has 5 rings (SSSR count). The largest absolute Gasteiger partial charge is 0.383 e.